The predicted molar refractivity (Wildman–Crippen MR) is 136 cm³/mol. The maximum absolute atomic E-state index is 13.9. The lowest BCUT2D eigenvalue weighted by molar-refractivity contribution is -0.134. The van der Waals surface area contributed by atoms with Crippen LogP contribution in [0, 0.1) is 23.6 Å². The minimum Gasteiger partial charge on any atom is -0.511 e. The average molecular weight is 561 g/mol. The number of amides is 1. The lowest BCUT2D eigenvalue weighted by atomic mass is 9.77. The van der Waals surface area contributed by atoms with Gasteiger partial charge >= 0.3 is 0 Å². The minimum absolute atomic E-state index is 0.0985. The fourth-order valence-electron chi connectivity index (χ4n) is 6.47. The Hall–Kier alpha value is -3.29. The number of benzene rings is 2. The Kier molecular flexibility index (Phi) is 5.67. The first-order chi connectivity index (χ1) is 17.9. The number of aliphatic hydroxyl groups excluding tert-OH is 1. The molecule has 2 aliphatic heterocycles. The number of amidine groups is 1. The molecular formula is C25H25FN4O6S2. The van der Waals surface area contributed by atoms with Gasteiger partial charge in [0.25, 0.3) is 15.9 Å². The molecule has 2 unspecified atom stereocenters. The van der Waals surface area contributed by atoms with Crippen LogP contribution in [-0.2, 0) is 37.1 Å². The first-order valence-electron chi connectivity index (χ1n) is 12.2. The van der Waals surface area contributed by atoms with Crippen molar-refractivity contribution in [2.75, 3.05) is 5.32 Å². The third-order valence-corrected chi connectivity index (χ3v) is 9.99. The maximum atomic E-state index is 13.9. The molecule has 1 amide bonds. The van der Waals surface area contributed by atoms with Gasteiger partial charge < -0.3 is 15.3 Å². The fraction of sp³-hybridized carbons (Fsp3) is 0.360. The quantitative estimate of drug-likeness (QED) is 0.506. The first-order valence-corrected chi connectivity index (χ1v) is 15.3. The molecule has 0 aromatic heterocycles. The normalized spacial score (nSPS) is 27.6. The van der Waals surface area contributed by atoms with Gasteiger partial charge in [-0.15, -0.1) is 4.40 Å². The second-order valence-electron chi connectivity index (χ2n) is 10.3. The van der Waals surface area contributed by atoms with Gasteiger partial charge in [0, 0.05) is 18.5 Å². The Labute approximate surface area is 219 Å². The Balaban J connectivity index is 1.41. The zero-order valence-electron chi connectivity index (χ0n) is 20.0. The molecule has 38 heavy (non-hydrogen) atoms. The Morgan fingerprint density at radius 1 is 1.11 bits per heavy atom. The molecule has 2 aliphatic carbocycles. The number of nitrogens with zero attached hydrogens (tertiary/aromatic N) is 2. The van der Waals surface area contributed by atoms with Gasteiger partial charge in [0.05, 0.1) is 11.4 Å². The van der Waals surface area contributed by atoms with Crippen molar-refractivity contribution < 1.29 is 31.1 Å². The molecule has 6 rings (SSSR count). The average Bonchev–Trinajstić information content (AvgIpc) is 3.45. The highest BCUT2D eigenvalue weighted by atomic mass is 32.2. The van der Waals surface area contributed by atoms with Crippen LogP contribution < -0.4 is 10.5 Å². The topological polar surface area (TPSA) is 159 Å². The van der Waals surface area contributed by atoms with Crippen LogP contribution >= 0.6 is 0 Å². The number of sulfonamides is 2. The van der Waals surface area contributed by atoms with E-state index in [9.17, 15) is 31.1 Å². The van der Waals surface area contributed by atoms with Crippen molar-refractivity contribution in [1.29, 1.82) is 0 Å². The number of carbonyl (C=O) groups excluding carboxylic acids is 1. The van der Waals surface area contributed by atoms with Crippen molar-refractivity contribution in [2.24, 2.45) is 27.3 Å². The summed E-state index contributed by atoms with van der Waals surface area (Å²) < 4.78 is 66.6. The highest BCUT2D eigenvalue weighted by Crippen LogP contribution is 2.55. The lowest BCUT2D eigenvalue weighted by Gasteiger charge is -2.44. The number of halogens is 1. The number of nitrogens with one attached hydrogen (secondary N) is 1. The summed E-state index contributed by atoms with van der Waals surface area (Å²) in [6.45, 7) is 0.174. The molecule has 0 radical (unpaired) electrons. The number of nitrogens with two attached hydrogens (primary N) is 1. The third kappa shape index (κ3) is 4.18. The Morgan fingerprint density at radius 2 is 1.79 bits per heavy atom. The van der Waals surface area contributed by atoms with E-state index in [1.807, 2.05) is 0 Å². The zero-order valence-corrected chi connectivity index (χ0v) is 21.7. The molecule has 2 aromatic rings. The number of fused-ring (bicyclic) bond motifs is 6. The van der Waals surface area contributed by atoms with Crippen LogP contribution in [0.25, 0.3) is 0 Å². The molecule has 4 aliphatic rings. The highest BCUT2D eigenvalue weighted by Gasteiger charge is 2.57. The number of anilines is 1. The number of hydrogen-bond acceptors (Lipinski definition) is 7. The van der Waals surface area contributed by atoms with Crippen molar-refractivity contribution in [3.8, 4) is 0 Å². The van der Waals surface area contributed by atoms with Crippen molar-refractivity contribution in [1.82, 2.24) is 4.90 Å². The van der Waals surface area contributed by atoms with E-state index in [0.29, 0.717) is 5.56 Å². The summed E-state index contributed by atoms with van der Waals surface area (Å²) in [5, 5.41) is 19.3. The SMILES string of the molecule is NS(=O)(=O)Cc1ccc2c(c1)S(=O)(=O)N=C(C1=C(O)C3C([C@H]4CC[C@@H]3C4)N(Cc3ccc(F)cc3)C1=O)N2. The van der Waals surface area contributed by atoms with Gasteiger partial charge in [0.1, 0.15) is 22.0 Å². The molecule has 4 atom stereocenters. The van der Waals surface area contributed by atoms with Gasteiger partial charge in [-0.05, 0) is 66.5 Å². The zero-order chi connectivity index (χ0) is 27.0. The second kappa shape index (κ2) is 8.61. The highest BCUT2D eigenvalue weighted by molar-refractivity contribution is 7.90. The van der Waals surface area contributed by atoms with Crippen LogP contribution in [0.5, 0.6) is 0 Å². The van der Waals surface area contributed by atoms with Gasteiger partial charge in [-0.25, -0.2) is 17.9 Å². The summed E-state index contributed by atoms with van der Waals surface area (Å²) in [4.78, 5) is 15.3. The van der Waals surface area contributed by atoms with Gasteiger partial charge in [-0.1, -0.05) is 18.2 Å². The molecule has 10 nitrogen and oxygen atoms in total. The van der Waals surface area contributed by atoms with Crippen LogP contribution in [0.4, 0.5) is 10.1 Å². The first kappa shape index (κ1) is 25.0. The summed E-state index contributed by atoms with van der Waals surface area (Å²) in [6, 6.07) is 9.54. The minimum atomic E-state index is -4.35. The summed E-state index contributed by atoms with van der Waals surface area (Å²) in [5.41, 5.74) is 0.771. The second-order valence-corrected chi connectivity index (χ2v) is 13.5. The fourth-order valence-corrected chi connectivity index (χ4v) is 8.29. The molecule has 2 heterocycles. The summed E-state index contributed by atoms with van der Waals surface area (Å²) in [7, 11) is -8.24. The number of rotatable bonds is 5. The van der Waals surface area contributed by atoms with Crippen molar-refractivity contribution in [2.45, 2.75) is 42.5 Å². The van der Waals surface area contributed by atoms with Crippen LogP contribution in [0.3, 0.4) is 0 Å². The Bertz CT molecular complexity index is 1640. The molecule has 13 heteroatoms. The largest absolute Gasteiger partial charge is 0.511 e. The van der Waals surface area contributed by atoms with Crippen molar-refractivity contribution >= 4 is 37.5 Å². The molecule has 4 N–H and O–H groups in total. The molecule has 2 aromatic carbocycles. The number of hydrogen-bond donors (Lipinski definition) is 3. The molecule has 0 spiro atoms. The van der Waals surface area contributed by atoms with Crippen molar-refractivity contribution in [3.63, 3.8) is 0 Å². The lowest BCUT2D eigenvalue weighted by Crippen LogP contribution is -2.53. The van der Waals surface area contributed by atoms with Gasteiger partial charge in [0.2, 0.25) is 10.0 Å². The summed E-state index contributed by atoms with van der Waals surface area (Å²) >= 11 is 0. The Morgan fingerprint density at radius 3 is 2.50 bits per heavy atom. The third-order valence-electron chi connectivity index (χ3n) is 7.94. The monoisotopic (exact) mass is 560 g/mol. The van der Waals surface area contributed by atoms with Crippen LogP contribution in [-0.4, -0.2) is 44.6 Å². The molecule has 0 saturated heterocycles. The molecular weight excluding hydrogens is 535 g/mol. The molecule has 200 valence electrons. The smallest absolute Gasteiger partial charge is 0.286 e. The van der Waals surface area contributed by atoms with E-state index in [1.54, 1.807) is 17.0 Å². The van der Waals surface area contributed by atoms with Crippen LogP contribution in [0.2, 0.25) is 0 Å². The van der Waals surface area contributed by atoms with E-state index >= 15 is 0 Å². The van der Waals surface area contributed by atoms with E-state index in [1.165, 1.54) is 30.3 Å². The van der Waals surface area contributed by atoms with Crippen molar-refractivity contribution in [3.05, 3.63) is 70.7 Å². The van der Waals surface area contributed by atoms with Crippen LogP contribution in [0.15, 0.2) is 63.1 Å². The summed E-state index contributed by atoms with van der Waals surface area (Å²) in [5.74, 6) is -1.96. The van der Waals surface area contributed by atoms with Gasteiger partial charge in [0.15, 0.2) is 5.84 Å². The van der Waals surface area contributed by atoms with E-state index < -0.39 is 37.5 Å². The predicted octanol–water partition coefficient (Wildman–Crippen LogP) is 2.40. The molecule has 2 bridgehead atoms. The van der Waals surface area contributed by atoms with Crippen LogP contribution in [0.1, 0.15) is 30.4 Å². The van der Waals surface area contributed by atoms with Gasteiger partial charge in [-0.3, -0.25) is 4.79 Å². The number of primary sulfonamides is 1. The number of aliphatic hydroxyl groups is 1. The van der Waals surface area contributed by atoms with E-state index in [-0.39, 0.29) is 63.7 Å². The standard InChI is InChI=1S/C25H25FN4O6S2/c26-17-6-1-13(2-7-17)11-30-22-16-5-4-15(10-16)20(22)23(31)21(25(30)32)24-28-18-8-3-14(12-37(27,33)34)9-19(18)38(35,36)29-24/h1-3,6-9,15-16,20,22,31H,4-5,10-12H2,(H,28,29)(H2,27,33,34)/t15-,16+,20?,22?/m1/s1. The van der Waals surface area contributed by atoms with E-state index in [4.69, 9.17) is 5.14 Å². The summed E-state index contributed by atoms with van der Waals surface area (Å²) in [6.07, 6.45) is 2.69. The molecule has 2 saturated carbocycles. The molecule has 2 fully saturated rings. The van der Waals surface area contributed by atoms with E-state index in [0.717, 1.165) is 19.3 Å². The van der Waals surface area contributed by atoms with Gasteiger partial charge in [-0.2, -0.15) is 8.42 Å². The number of carbonyl (C=O) groups is 1. The van der Waals surface area contributed by atoms with E-state index in [2.05, 4.69) is 9.71 Å². The maximum Gasteiger partial charge on any atom is 0.286 e.